The van der Waals surface area contributed by atoms with Crippen molar-refractivity contribution in [2.45, 2.75) is 31.6 Å². The molecule has 2 rings (SSSR count). The molecule has 1 aromatic carbocycles. The number of alkyl halides is 3. The number of aliphatic carboxylic acids is 1. The lowest BCUT2D eigenvalue weighted by atomic mass is 10.1. The Balaban J connectivity index is 2.13. The number of amides is 1. The van der Waals surface area contributed by atoms with Crippen LogP contribution in [0.4, 0.5) is 13.2 Å². The molecule has 4 nitrogen and oxygen atoms in total. The van der Waals surface area contributed by atoms with Gasteiger partial charge in [-0.15, -0.1) is 0 Å². The van der Waals surface area contributed by atoms with Gasteiger partial charge in [-0.25, -0.2) is 4.79 Å². The van der Waals surface area contributed by atoms with Crippen molar-refractivity contribution in [3.8, 4) is 0 Å². The number of likely N-dealkylation sites (tertiary alicyclic amines) is 1. The number of benzene rings is 1. The van der Waals surface area contributed by atoms with Crippen LogP contribution in [-0.2, 0) is 22.3 Å². The summed E-state index contributed by atoms with van der Waals surface area (Å²) in [7, 11) is 0. The number of carboxylic acids is 1. The summed E-state index contributed by atoms with van der Waals surface area (Å²) in [6.07, 6.45) is -4.03. The van der Waals surface area contributed by atoms with Crippen LogP contribution in [0.15, 0.2) is 24.3 Å². The lowest BCUT2D eigenvalue weighted by molar-refractivity contribution is -0.146. The molecule has 1 aliphatic heterocycles. The van der Waals surface area contributed by atoms with Crippen molar-refractivity contribution in [1.82, 2.24) is 4.90 Å². The van der Waals surface area contributed by atoms with Crippen molar-refractivity contribution in [2.75, 3.05) is 0 Å². The second-order valence-electron chi connectivity index (χ2n) is 4.61. The van der Waals surface area contributed by atoms with Gasteiger partial charge < -0.3 is 10.0 Å². The second-order valence-corrected chi connectivity index (χ2v) is 4.61. The molecule has 1 atom stereocenters. The summed E-state index contributed by atoms with van der Waals surface area (Å²) in [5.41, 5.74) is -0.303. The molecular formula is C13H12F3NO3. The minimum absolute atomic E-state index is 0.00787. The van der Waals surface area contributed by atoms with Crippen LogP contribution in [-0.4, -0.2) is 27.9 Å². The number of carbonyl (C=O) groups excluding carboxylic acids is 1. The molecule has 20 heavy (non-hydrogen) atoms. The van der Waals surface area contributed by atoms with Gasteiger partial charge in [0.25, 0.3) is 0 Å². The SMILES string of the molecule is O=C(O)[C@@H]1CCC(=O)N1Cc1ccc(C(F)(F)F)cc1. The van der Waals surface area contributed by atoms with Crippen LogP contribution >= 0.6 is 0 Å². The van der Waals surface area contributed by atoms with Crippen molar-refractivity contribution >= 4 is 11.9 Å². The Morgan fingerprint density at radius 3 is 2.40 bits per heavy atom. The molecule has 0 unspecified atom stereocenters. The van der Waals surface area contributed by atoms with Gasteiger partial charge in [0.1, 0.15) is 6.04 Å². The molecule has 1 N–H and O–H groups in total. The van der Waals surface area contributed by atoms with Gasteiger partial charge in [-0.05, 0) is 24.1 Å². The highest BCUT2D eigenvalue weighted by Crippen LogP contribution is 2.29. The lowest BCUT2D eigenvalue weighted by Gasteiger charge is -2.21. The van der Waals surface area contributed by atoms with E-state index < -0.39 is 23.8 Å². The Morgan fingerprint density at radius 2 is 1.90 bits per heavy atom. The molecule has 1 aromatic rings. The molecule has 1 saturated heterocycles. The van der Waals surface area contributed by atoms with Crippen LogP contribution in [0.25, 0.3) is 0 Å². The molecule has 0 aliphatic carbocycles. The fourth-order valence-corrected chi connectivity index (χ4v) is 2.18. The summed E-state index contributed by atoms with van der Waals surface area (Å²) < 4.78 is 37.2. The number of rotatable bonds is 3. The maximum Gasteiger partial charge on any atom is 0.416 e. The van der Waals surface area contributed by atoms with Gasteiger partial charge in [0.05, 0.1) is 5.56 Å². The molecule has 1 aliphatic rings. The van der Waals surface area contributed by atoms with E-state index in [2.05, 4.69) is 0 Å². The first-order chi connectivity index (χ1) is 9.29. The van der Waals surface area contributed by atoms with Gasteiger partial charge >= 0.3 is 12.1 Å². The third-order valence-electron chi connectivity index (χ3n) is 3.25. The molecule has 0 radical (unpaired) electrons. The Bertz CT molecular complexity index is 525. The highest BCUT2D eigenvalue weighted by Gasteiger charge is 2.36. The Morgan fingerprint density at radius 1 is 1.30 bits per heavy atom. The topological polar surface area (TPSA) is 57.6 Å². The molecule has 1 amide bonds. The molecular weight excluding hydrogens is 275 g/mol. The van der Waals surface area contributed by atoms with E-state index >= 15 is 0 Å². The van der Waals surface area contributed by atoms with Gasteiger partial charge in [0.2, 0.25) is 5.91 Å². The quantitative estimate of drug-likeness (QED) is 0.928. The molecule has 108 valence electrons. The summed E-state index contributed by atoms with van der Waals surface area (Å²) >= 11 is 0. The van der Waals surface area contributed by atoms with Crippen LogP contribution < -0.4 is 0 Å². The molecule has 7 heteroatoms. The van der Waals surface area contributed by atoms with E-state index in [1.54, 1.807) is 0 Å². The average Bonchev–Trinajstić information content (AvgIpc) is 2.71. The van der Waals surface area contributed by atoms with Crippen LogP contribution in [0.2, 0.25) is 0 Å². The van der Waals surface area contributed by atoms with Crippen LogP contribution in [0, 0.1) is 0 Å². The zero-order chi connectivity index (χ0) is 14.9. The zero-order valence-corrected chi connectivity index (χ0v) is 10.4. The predicted molar refractivity (Wildman–Crippen MR) is 62.7 cm³/mol. The first kappa shape index (κ1) is 14.4. The Labute approximate surface area is 112 Å². The minimum atomic E-state index is -4.41. The monoisotopic (exact) mass is 287 g/mol. The van der Waals surface area contributed by atoms with Gasteiger partial charge in [-0.2, -0.15) is 13.2 Å². The van der Waals surface area contributed by atoms with E-state index in [9.17, 15) is 22.8 Å². The van der Waals surface area contributed by atoms with Crippen LogP contribution in [0.5, 0.6) is 0 Å². The summed E-state index contributed by atoms with van der Waals surface area (Å²) in [6.45, 7) is 0.00787. The number of hydrogen-bond acceptors (Lipinski definition) is 2. The van der Waals surface area contributed by atoms with Gasteiger partial charge in [-0.1, -0.05) is 12.1 Å². The summed E-state index contributed by atoms with van der Waals surface area (Å²) in [5, 5.41) is 8.99. The fourth-order valence-electron chi connectivity index (χ4n) is 2.18. The molecule has 1 fully saturated rings. The summed E-state index contributed by atoms with van der Waals surface area (Å²) in [4.78, 5) is 23.8. The number of nitrogens with zero attached hydrogens (tertiary/aromatic N) is 1. The largest absolute Gasteiger partial charge is 0.480 e. The maximum absolute atomic E-state index is 12.4. The summed E-state index contributed by atoms with van der Waals surface area (Å²) in [5.74, 6) is -1.39. The first-order valence-electron chi connectivity index (χ1n) is 5.97. The van der Waals surface area contributed by atoms with E-state index in [1.807, 2.05) is 0 Å². The normalized spacial score (nSPS) is 19.4. The fraction of sp³-hybridized carbons (Fsp3) is 0.385. The lowest BCUT2D eigenvalue weighted by Crippen LogP contribution is -2.37. The predicted octanol–water partition coefficient (Wildman–Crippen LogP) is 2.28. The van der Waals surface area contributed by atoms with Crippen molar-refractivity contribution in [3.63, 3.8) is 0 Å². The van der Waals surface area contributed by atoms with Gasteiger partial charge in [-0.3, -0.25) is 4.79 Å². The first-order valence-corrected chi connectivity index (χ1v) is 5.97. The van der Waals surface area contributed by atoms with Crippen molar-refractivity contribution in [1.29, 1.82) is 0 Å². The van der Waals surface area contributed by atoms with E-state index in [-0.39, 0.29) is 25.3 Å². The molecule has 0 bridgehead atoms. The van der Waals surface area contributed by atoms with Crippen LogP contribution in [0.3, 0.4) is 0 Å². The van der Waals surface area contributed by atoms with Crippen molar-refractivity contribution in [2.24, 2.45) is 0 Å². The Kier molecular flexibility index (Phi) is 3.69. The number of halogens is 3. The van der Waals surface area contributed by atoms with E-state index in [1.165, 1.54) is 17.0 Å². The van der Waals surface area contributed by atoms with Gasteiger partial charge in [0, 0.05) is 13.0 Å². The van der Waals surface area contributed by atoms with E-state index in [0.717, 1.165) is 12.1 Å². The molecule has 0 spiro atoms. The van der Waals surface area contributed by atoms with Crippen LogP contribution in [0.1, 0.15) is 24.0 Å². The average molecular weight is 287 g/mol. The van der Waals surface area contributed by atoms with Crippen molar-refractivity contribution < 1.29 is 27.9 Å². The molecule has 0 aromatic heterocycles. The van der Waals surface area contributed by atoms with Gasteiger partial charge in [0.15, 0.2) is 0 Å². The number of carboxylic acid groups (broad SMARTS) is 1. The highest BCUT2D eigenvalue weighted by atomic mass is 19.4. The van der Waals surface area contributed by atoms with Crippen molar-refractivity contribution in [3.05, 3.63) is 35.4 Å². The smallest absolute Gasteiger partial charge is 0.416 e. The standard InChI is InChI=1S/C13H12F3NO3/c14-13(15,16)9-3-1-8(2-4-9)7-17-10(12(19)20)5-6-11(17)18/h1-4,10H,5-7H2,(H,19,20)/t10-/m0/s1. The third-order valence-corrected chi connectivity index (χ3v) is 3.25. The highest BCUT2D eigenvalue weighted by molar-refractivity contribution is 5.87. The number of hydrogen-bond donors (Lipinski definition) is 1. The molecule has 0 saturated carbocycles. The van der Waals surface area contributed by atoms with E-state index in [0.29, 0.717) is 5.56 Å². The minimum Gasteiger partial charge on any atom is -0.480 e. The molecule has 1 heterocycles. The maximum atomic E-state index is 12.4. The third kappa shape index (κ3) is 2.92. The number of carbonyl (C=O) groups is 2. The Hall–Kier alpha value is -2.05. The second kappa shape index (κ2) is 5.15. The zero-order valence-electron chi connectivity index (χ0n) is 10.4. The summed E-state index contributed by atoms with van der Waals surface area (Å²) in [6, 6.07) is 3.46. The van der Waals surface area contributed by atoms with E-state index in [4.69, 9.17) is 5.11 Å².